The number of nitrogens with zero attached hydrogens (tertiary/aromatic N) is 2. The summed E-state index contributed by atoms with van der Waals surface area (Å²) in [5.74, 6) is 0. The fraction of sp³-hybridized carbons (Fsp3) is 0.462. The molecule has 0 saturated heterocycles. The van der Waals surface area contributed by atoms with Gasteiger partial charge < -0.3 is 0 Å². The highest BCUT2D eigenvalue weighted by molar-refractivity contribution is 7.89. The third kappa shape index (κ3) is 5.50. The molecule has 21 heavy (non-hydrogen) atoms. The van der Waals surface area contributed by atoms with Gasteiger partial charge in [-0.2, -0.15) is 13.5 Å². The number of nitro groups is 1. The Balaban J connectivity index is 2.72. The van der Waals surface area contributed by atoms with Crippen molar-refractivity contribution in [3.05, 3.63) is 34.4 Å². The summed E-state index contributed by atoms with van der Waals surface area (Å²) in [7, 11) is -3.79. The lowest BCUT2D eigenvalue weighted by Crippen LogP contribution is -2.19. The van der Waals surface area contributed by atoms with Crippen LogP contribution in [0.3, 0.4) is 0 Å². The van der Waals surface area contributed by atoms with E-state index in [1.807, 2.05) is 0 Å². The summed E-state index contributed by atoms with van der Waals surface area (Å²) in [4.78, 5) is 12.0. The van der Waals surface area contributed by atoms with Gasteiger partial charge >= 0.3 is 0 Å². The number of hydrogen-bond donors (Lipinski definition) is 1. The summed E-state index contributed by atoms with van der Waals surface area (Å²) >= 11 is 0. The van der Waals surface area contributed by atoms with Crippen LogP contribution in [0.4, 0.5) is 5.69 Å². The van der Waals surface area contributed by atoms with Crippen molar-refractivity contribution in [2.75, 3.05) is 0 Å². The topological polar surface area (TPSA) is 102 Å². The number of benzene rings is 1. The van der Waals surface area contributed by atoms with Crippen molar-refractivity contribution < 1.29 is 13.3 Å². The van der Waals surface area contributed by atoms with Gasteiger partial charge in [-0.15, -0.1) is 0 Å². The predicted octanol–water partition coefficient (Wildman–Crippen LogP) is 2.83. The predicted molar refractivity (Wildman–Crippen MR) is 80.7 cm³/mol. The largest absolute Gasteiger partial charge is 0.276 e. The monoisotopic (exact) mass is 313 g/mol. The minimum absolute atomic E-state index is 0.0572. The van der Waals surface area contributed by atoms with Gasteiger partial charge in [-0.25, -0.2) is 4.83 Å². The fourth-order valence-corrected chi connectivity index (χ4v) is 2.50. The van der Waals surface area contributed by atoms with Gasteiger partial charge in [0.05, 0.1) is 9.82 Å². The zero-order valence-corrected chi connectivity index (χ0v) is 12.9. The maximum Gasteiger partial charge on any atom is 0.276 e. The number of nitrogens with one attached hydrogen (secondary N) is 1. The molecule has 0 atom stereocenters. The van der Waals surface area contributed by atoms with Gasteiger partial charge in [0.1, 0.15) is 0 Å². The van der Waals surface area contributed by atoms with E-state index < -0.39 is 14.9 Å². The van der Waals surface area contributed by atoms with Crippen LogP contribution in [0.5, 0.6) is 0 Å². The molecule has 0 radical (unpaired) electrons. The van der Waals surface area contributed by atoms with Crippen LogP contribution in [-0.2, 0) is 10.0 Å². The van der Waals surface area contributed by atoms with Crippen LogP contribution in [0.1, 0.15) is 39.5 Å². The second-order valence-electron chi connectivity index (χ2n) is 4.65. The Hall–Kier alpha value is -1.96. The minimum atomic E-state index is -3.79. The molecule has 1 aromatic rings. The molecule has 0 aromatic heterocycles. The second kappa shape index (κ2) is 7.72. The van der Waals surface area contributed by atoms with E-state index in [1.54, 1.807) is 6.92 Å². The first kappa shape index (κ1) is 17.1. The smallest absolute Gasteiger partial charge is 0.258 e. The third-order valence-corrected chi connectivity index (χ3v) is 4.08. The van der Waals surface area contributed by atoms with E-state index in [0.717, 1.165) is 37.8 Å². The Morgan fingerprint density at radius 3 is 2.43 bits per heavy atom. The van der Waals surface area contributed by atoms with Gasteiger partial charge in [0.2, 0.25) is 0 Å². The number of unbranched alkanes of at least 4 members (excludes halogenated alkanes) is 2. The third-order valence-electron chi connectivity index (χ3n) is 2.86. The molecule has 1 rings (SSSR count). The average molecular weight is 313 g/mol. The van der Waals surface area contributed by atoms with Crippen molar-refractivity contribution in [3.8, 4) is 0 Å². The van der Waals surface area contributed by atoms with Crippen molar-refractivity contribution >= 4 is 21.4 Å². The molecule has 1 N–H and O–H groups in total. The fourth-order valence-electron chi connectivity index (χ4n) is 1.62. The average Bonchev–Trinajstić information content (AvgIpc) is 2.45. The maximum atomic E-state index is 12.0. The molecule has 0 aliphatic carbocycles. The molecule has 0 spiro atoms. The molecule has 0 saturated carbocycles. The minimum Gasteiger partial charge on any atom is -0.258 e. The summed E-state index contributed by atoms with van der Waals surface area (Å²) in [5.41, 5.74) is 0.544. The number of non-ortho nitro benzene ring substituents is 1. The lowest BCUT2D eigenvalue weighted by molar-refractivity contribution is -0.384. The molecule has 116 valence electrons. The van der Waals surface area contributed by atoms with E-state index in [4.69, 9.17) is 0 Å². The lowest BCUT2D eigenvalue weighted by Gasteiger charge is -2.05. The quantitative estimate of drug-likeness (QED) is 0.345. The van der Waals surface area contributed by atoms with Gasteiger partial charge in [0, 0.05) is 17.8 Å². The van der Waals surface area contributed by atoms with Crippen LogP contribution in [0.15, 0.2) is 34.3 Å². The standard InChI is InChI=1S/C13H19N3O4S/c1-3-4-5-6-11(2)14-15-21(19,20)13-9-7-12(8-10-13)16(17)18/h7-10,15H,3-6H2,1-2H3/b14-11-. The van der Waals surface area contributed by atoms with E-state index >= 15 is 0 Å². The van der Waals surface area contributed by atoms with E-state index in [0.29, 0.717) is 5.71 Å². The molecule has 0 amide bonds. The summed E-state index contributed by atoms with van der Waals surface area (Å²) in [6.07, 6.45) is 3.85. The second-order valence-corrected chi connectivity index (χ2v) is 6.31. The molecule has 8 heteroatoms. The number of hydrogen-bond acceptors (Lipinski definition) is 5. The van der Waals surface area contributed by atoms with Crippen LogP contribution in [0.25, 0.3) is 0 Å². The zero-order chi connectivity index (χ0) is 15.9. The molecule has 7 nitrogen and oxygen atoms in total. The number of rotatable bonds is 8. The molecular weight excluding hydrogens is 294 g/mol. The highest BCUT2D eigenvalue weighted by Gasteiger charge is 2.15. The van der Waals surface area contributed by atoms with Gasteiger partial charge in [-0.1, -0.05) is 19.8 Å². The molecular formula is C13H19N3O4S. The maximum absolute atomic E-state index is 12.0. The van der Waals surface area contributed by atoms with Crippen molar-refractivity contribution in [2.45, 2.75) is 44.4 Å². The molecule has 0 unspecified atom stereocenters. The Kier molecular flexibility index (Phi) is 6.29. The molecule has 1 aromatic carbocycles. The Morgan fingerprint density at radius 1 is 1.29 bits per heavy atom. The molecule has 0 aliphatic rings. The van der Waals surface area contributed by atoms with E-state index in [1.165, 1.54) is 12.1 Å². The number of nitro benzene ring substituents is 1. The van der Waals surface area contributed by atoms with Crippen LogP contribution in [-0.4, -0.2) is 19.1 Å². The van der Waals surface area contributed by atoms with Crippen molar-refractivity contribution in [1.29, 1.82) is 0 Å². The molecule has 0 bridgehead atoms. The van der Waals surface area contributed by atoms with Gasteiger partial charge in [-0.3, -0.25) is 10.1 Å². The van der Waals surface area contributed by atoms with Crippen molar-refractivity contribution in [2.24, 2.45) is 5.10 Å². The van der Waals surface area contributed by atoms with Crippen LogP contribution in [0, 0.1) is 10.1 Å². The number of sulfonamides is 1. The normalized spacial score (nSPS) is 12.2. The summed E-state index contributed by atoms with van der Waals surface area (Å²) in [5, 5.41) is 14.4. The number of hydrazone groups is 1. The summed E-state index contributed by atoms with van der Waals surface area (Å²) < 4.78 is 23.9. The summed E-state index contributed by atoms with van der Waals surface area (Å²) in [6.45, 7) is 3.85. The zero-order valence-electron chi connectivity index (χ0n) is 12.1. The van der Waals surface area contributed by atoms with Crippen molar-refractivity contribution in [1.82, 2.24) is 4.83 Å². The van der Waals surface area contributed by atoms with Gasteiger partial charge in [0.15, 0.2) is 0 Å². The Labute approximate surface area is 124 Å². The molecule has 0 fully saturated rings. The first-order valence-corrected chi connectivity index (χ1v) is 8.14. The first-order chi connectivity index (χ1) is 9.86. The van der Waals surface area contributed by atoms with Crippen LogP contribution >= 0.6 is 0 Å². The van der Waals surface area contributed by atoms with Gasteiger partial charge in [-0.05, 0) is 31.9 Å². The van der Waals surface area contributed by atoms with Gasteiger partial charge in [0.25, 0.3) is 15.7 Å². The molecule has 0 heterocycles. The van der Waals surface area contributed by atoms with E-state index in [2.05, 4.69) is 16.9 Å². The molecule has 0 aliphatic heterocycles. The van der Waals surface area contributed by atoms with Crippen molar-refractivity contribution in [3.63, 3.8) is 0 Å². The SMILES string of the molecule is CCCCC/C(C)=N\NS(=O)(=O)c1ccc([N+](=O)[O-])cc1. The Bertz CT molecular complexity index is 609. The highest BCUT2D eigenvalue weighted by atomic mass is 32.2. The van der Waals surface area contributed by atoms with E-state index in [-0.39, 0.29) is 10.6 Å². The lowest BCUT2D eigenvalue weighted by atomic mass is 10.1. The van der Waals surface area contributed by atoms with Crippen LogP contribution in [0.2, 0.25) is 0 Å². The van der Waals surface area contributed by atoms with Crippen LogP contribution < -0.4 is 4.83 Å². The van der Waals surface area contributed by atoms with E-state index in [9.17, 15) is 18.5 Å². The Morgan fingerprint density at radius 2 is 1.90 bits per heavy atom. The summed E-state index contributed by atoms with van der Waals surface area (Å²) in [6, 6.07) is 4.66. The first-order valence-electron chi connectivity index (χ1n) is 6.66. The highest BCUT2D eigenvalue weighted by Crippen LogP contribution is 2.15.